The molecule has 0 amide bonds. The molecule has 1 unspecified atom stereocenters. The maximum absolute atomic E-state index is 13.6. The quantitative estimate of drug-likeness (QED) is 0.411. The molecule has 0 radical (unpaired) electrons. The normalized spacial score (nSPS) is 15.5. The summed E-state index contributed by atoms with van der Waals surface area (Å²) in [4.78, 5) is 0. The van der Waals surface area contributed by atoms with Crippen LogP contribution in [0.15, 0.2) is 28.7 Å². The zero-order valence-electron chi connectivity index (χ0n) is 16.1. The van der Waals surface area contributed by atoms with E-state index in [9.17, 15) is 8.94 Å². The van der Waals surface area contributed by atoms with Crippen molar-refractivity contribution in [3.05, 3.63) is 35.6 Å². The summed E-state index contributed by atoms with van der Waals surface area (Å²) in [6.07, 6.45) is 0. The van der Waals surface area contributed by atoms with Crippen LogP contribution in [0.3, 0.4) is 0 Å². The van der Waals surface area contributed by atoms with Gasteiger partial charge in [-0.15, -0.1) is 0 Å². The van der Waals surface area contributed by atoms with Gasteiger partial charge in [-0.05, 0) is 51.0 Å². The molecule has 0 aliphatic rings. The Balaban J connectivity index is 3.14. The largest absolute Gasteiger partial charge is 0.591 e. The molecule has 0 N–H and O–H groups in total. The molecule has 6 heteroatoms. The van der Waals surface area contributed by atoms with Gasteiger partial charge in [-0.3, -0.25) is 0 Å². The van der Waals surface area contributed by atoms with Crippen LogP contribution < -0.4 is 0 Å². The summed E-state index contributed by atoms with van der Waals surface area (Å²) >= 11 is -1.42. The van der Waals surface area contributed by atoms with E-state index in [-0.39, 0.29) is 17.5 Å². The van der Waals surface area contributed by atoms with Gasteiger partial charge in [0.15, 0.2) is 8.32 Å². The van der Waals surface area contributed by atoms with Gasteiger partial charge in [-0.1, -0.05) is 37.3 Å². The maximum atomic E-state index is 13.6. The van der Waals surface area contributed by atoms with Crippen molar-refractivity contribution in [1.82, 2.24) is 0 Å². The van der Waals surface area contributed by atoms with Gasteiger partial charge in [0.05, 0.1) is 6.61 Å². The van der Waals surface area contributed by atoms with Gasteiger partial charge in [0.2, 0.25) is 0 Å². The molecule has 0 bridgehead atoms. The summed E-state index contributed by atoms with van der Waals surface area (Å²) in [7, 11) is -1.98. The van der Waals surface area contributed by atoms with Crippen molar-refractivity contribution in [2.45, 2.75) is 64.4 Å². The molecule has 0 heterocycles. The van der Waals surface area contributed by atoms with Crippen molar-refractivity contribution in [3.8, 4) is 0 Å². The van der Waals surface area contributed by atoms with Crippen LogP contribution >= 0.6 is 0 Å². The molecule has 0 aromatic heterocycles. The minimum absolute atomic E-state index is 0.0588. The molecule has 0 saturated carbocycles. The highest BCUT2D eigenvalue weighted by Crippen LogP contribution is 2.36. The third-order valence-electron chi connectivity index (χ3n) is 4.25. The number of halogens is 1. The lowest BCUT2D eigenvalue weighted by atomic mass is 10.1. The number of nitrogens with zero attached hydrogens (tertiary/aromatic N) is 1. The summed E-state index contributed by atoms with van der Waals surface area (Å²) < 4.78 is 36.1. The van der Waals surface area contributed by atoms with Gasteiger partial charge in [-0.25, -0.2) is 4.39 Å². The first-order valence-electron chi connectivity index (χ1n) is 8.13. The van der Waals surface area contributed by atoms with Gasteiger partial charge in [0, 0.05) is 5.56 Å². The molecule has 1 rings (SSSR count). The molecule has 24 heavy (non-hydrogen) atoms. The predicted molar refractivity (Wildman–Crippen MR) is 104 cm³/mol. The van der Waals surface area contributed by atoms with Crippen LogP contribution in [0.1, 0.15) is 47.1 Å². The highest BCUT2D eigenvalue weighted by atomic mass is 32.2. The zero-order valence-corrected chi connectivity index (χ0v) is 17.9. The third-order valence-corrected chi connectivity index (χ3v) is 10.2. The molecule has 0 saturated heterocycles. The van der Waals surface area contributed by atoms with Crippen molar-refractivity contribution >= 4 is 25.4 Å². The van der Waals surface area contributed by atoms with E-state index in [0.29, 0.717) is 11.3 Å². The van der Waals surface area contributed by atoms with E-state index in [1.165, 1.54) is 12.1 Å². The molecular formula is C18H30FNO2SSi. The number of hydrogen-bond acceptors (Lipinski definition) is 3. The van der Waals surface area contributed by atoms with Gasteiger partial charge < -0.3 is 8.98 Å². The molecule has 1 atom stereocenters. The lowest BCUT2D eigenvalue weighted by Gasteiger charge is -2.36. The fourth-order valence-corrected chi connectivity index (χ4v) is 3.10. The molecule has 0 aliphatic heterocycles. The Bertz CT molecular complexity index is 591. The Morgan fingerprint density at radius 1 is 1.21 bits per heavy atom. The molecule has 136 valence electrons. The van der Waals surface area contributed by atoms with E-state index in [0.717, 1.165) is 0 Å². The monoisotopic (exact) mass is 371 g/mol. The van der Waals surface area contributed by atoms with E-state index >= 15 is 0 Å². The van der Waals surface area contributed by atoms with Crippen LogP contribution in [0.2, 0.25) is 18.1 Å². The van der Waals surface area contributed by atoms with Crippen molar-refractivity contribution < 1.29 is 13.4 Å². The van der Waals surface area contributed by atoms with E-state index in [1.54, 1.807) is 12.1 Å². The summed E-state index contributed by atoms with van der Waals surface area (Å²) in [5.41, 5.74) is 1.15. The van der Waals surface area contributed by atoms with Crippen LogP contribution in [0.4, 0.5) is 4.39 Å². The summed E-state index contributed by atoms with van der Waals surface area (Å²) in [6, 6.07) is 6.20. The first-order chi connectivity index (χ1) is 10.7. The Hall–Kier alpha value is -0.693. The second-order valence-electron chi connectivity index (χ2n) is 8.46. The van der Waals surface area contributed by atoms with Crippen LogP contribution in [0.25, 0.3) is 0 Å². The summed E-state index contributed by atoms with van der Waals surface area (Å²) in [6.45, 7) is 16.6. The van der Waals surface area contributed by atoms with Crippen molar-refractivity contribution in [1.29, 1.82) is 0 Å². The number of benzene rings is 1. The third kappa shape index (κ3) is 5.99. The van der Waals surface area contributed by atoms with Gasteiger partial charge in [0.1, 0.15) is 27.6 Å². The average molecular weight is 372 g/mol. The lowest BCUT2D eigenvalue weighted by Crippen LogP contribution is -2.42. The highest BCUT2D eigenvalue weighted by molar-refractivity contribution is 7.91. The van der Waals surface area contributed by atoms with E-state index in [1.807, 2.05) is 20.8 Å². The number of hydrogen-bond donors (Lipinski definition) is 0. The highest BCUT2D eigenvalue weighted by Gasteiger charge is 2.38. The Labute approximate surface area is 150 Å². The van der Waals surface area contributed by atoms with E-state index in [2.05, 4.69) is 38.3 Å². The zero-order chi connectivity index (χ0) is 18.8. The molecular weight excluding hydrogens is 341 g/mol. The minimum Gasteiger partial charge on any atom is -0.591 e. The molecule has 0 fully saturated rings. The molecule has 1 aromatic rings. The lowest BCUT2D eigenvalue weighted by molar-refractivity contribution is 0.340. The van der Waals surface area contributed by atoms with Gasteiger partial charge in [0.25, 0.3) is 0 Å². The Kier molecular flexibility index (Phi) is 6.83. The van der Waals surface area contributed by atoms with Gasteiger partial charge >= 0.3 is 0 Å². The molecule has 1 aromatic carbocycles. The van der Waals surface area contributed by atoms with Crippen molar-refractivity contribution in [2.24, 2.45) is 4.40 Å². The van der Waals surface area contributed by atoms with E-state index < -0.39 is 24.4 Å². The van der Waals surface area contributed by atoms with Gasteiger partial charge in [-0.2, -0.15) is 0 Å². The molecule has 0 spiro atoms. The fourth-order valence-electron chi connectivity index (χ4n) is 1.53. The van der Waals surface area contributed by atoms with Crippen LogP contribution in [0, 0.1) is 5.82 Å². The maximum Gasteiger partial charge on any atom is 0.192 e. The molecule has 0 aliphatic carbocycles. The van der Waals surface area contributed by atoms with Crippen LogP contribution in [-0.2, 0) is 15.8 Å². The number of rotatable bonds is 5. The van der Waals surface area contributed by atoms with E-state index in [4.69, 9.17) is 4.43 Å². The van der Waals surface area contributed by atoms with Crippen molar-refractivity contribution in [3.63, 3.8) is 0 Å². The minimum atomic E-state index is -1.98. The fraction of sp³-hybridized carbons (Fsp3) is 0.611. The standard InChI is InChI=1S/C18H30FNO2SSi/c1-17(2,3)23(21)20-16(14-10-9-11-15(19)12-14)13-22-24(7,8)18(4,5)6/h9-12H,13H2,1-8H3/b20-16-. The Morgan fingerprint density at radius 2 is 1.79 bits per heavy atom. The average Bonchev–Trinajstić information content (AvgIpc) is 2.40. The van der Waals surface area contributed by atoms with Crippen LogP contribution in [-0.4, -0.2) is 29.9 Å². The SMILES string of the molecule is CC(C)(C)[S+]([O-])/N=C(/CO[Si](C)(C)C(C)(C)C)c1cccc(F)c1. The second kappa shape index (κ2) is 7.68. The summed E-state index contributed by atoms with van der Waals surface area (Å²) in [5, 5.41) is 0.0588. The second-order valence-corrected chi connectivity index (χ2v) is 15.2. The molecule has 3 nitrogen and oxygen atoms in total. The van der Waals surface area contributed by atoms with Crippen molar-refractivity contribution in [2.75, 3.05) is 6.61 Å². The van der Waals surface area contributed by atoms with Crippen LogP contribution in [0.5, 0.6) is 0 Å². The smallest absolute Gasteiger partial charge is 0.192 e. The predicted octanol–water partition coefficient (Wildman–Crippen LogP) is 5.10. The first kappa shape index (κ1) is 21.3. The Morgan fingerprint density at radius 3 is 2.25 bits per heavy atom. The topological polar surface area (TPSA) is 44.7 Å². The summed E-state index contributed by atoms with van der Waals surface area (Å²) in [5.74, 6) is -0.339. The first-order valence-corrected chi connectivity index (χ1v) is 12.1.